The Bertz CT molecular complexity index is 1010. The summed E-state index contributed by atoms with van der Waals surface area (Å²) in [5.41, 5.74) is 0.656. The number of hydrogen-bond acceptors (Lipinski definition) is 4. The highest BCUT2D eigenvalue weighted by atomic mass is 32.1. The quantitative estimate of drug-likeness (QED) is 0.673. The van der Waals surface area contributed by atoms with Gasteiger partial charge in [0.05, 0.1) is 22.4 Å². The maximum absolute atomic E-state index is 13.8. The maximum Gasteiger partial charge on any atom is 0.326 e. The molecule has 128 valence electrons. The molecule has 2 aromatic carbocycles. The normalized spacial score (nSPS) is 11.7. The zero-order chi connectivity index (χ0) is 17.8. The van der Waals surface area contributed by atoms with Crippen LogP contribution in [-0.2, 0) is 16.1 Å². The van der Waals surface area contributed by atoms with E-state index in [1.807, 2.05) is 24.3 Å². The zero-order valence-corrected chi connectivity index (χ0v) is 14.3. The maximum atomic E-state index is 13.8. The van der Waals surface area contributed by atoms with Crippen molar-refractivity contribution in [1.29, 1.82) is 0 Å². The van der Waals surface area contributed by atoms with Gasteiger partial charge in [0.1, 0.15) is 12.4 Å². The van der Waals surface area contributed by atoms with E-state index in [0.29, 0.717) is 4.80 Å². The molecule has 1 heterocycles. The van der Waals surface area contributed by atoms with Gasteiger partial charge in [-0.15, -0.1) is 0 Å². The van der Waals surface area contributed by atoms with E-state index in [-0.39, 0.29) is 18.7 Å². The first-order chi connectivity index (χ1) is 12.1. The molecule has 7 heteroatoms. The van der Waals surface area contributed by atoms with Crippen LogP contribution in [0.5, 0.6) is 0 Å². The molecule has 0 unspecified atom stereocenters. The first-order valence-corrected chi connectivity index (χ1v) is 8.49. The minimum absolute atomic E-state index is 0.0682. The van der Waals surface area contributed by atoms with Crippen LogP contribution in [-0.4, -0.2) is 23.1 Å². The van der Waals surface area contributed by atoms with Gasteiger partial charge < -0.3 is 9.30 Å². The molecule has 0 aliphatic heterocycles. The fourth-order valence-electron chi connectivity index (χ4n) is 2.38. The van der Waals surface area contributed by atoms with Crippen molar-refractivity contribution < 1.29 is 18.7 Å². The molecule has 0 atom stereocenters. The molecule has 0 saturated heterocycles. The Balaban J connectivity index is 2.10. The molecule has 0 N–H and O–H groups in total. The van der Waals surface area contributed by atoms with Crippen molar-refractivity contribution in [3.8, 4) is 0 Å². The molecule has 0 aliphatic carbocycles. The Labute approximate surface area is 147 Å². The molecule has 0 saturated carbocycles. The summed E-state index contributed by atoms with van der Waals surface area (Å²) in [6.45, 7) is 1.92. The highest BCUT2D eigenvalue weighted by Gasteiger charge is 2.14. The number of para-hydroxylation sites is 1. The summed E-state index contributed by atoms with van der Waals surface area (Å²) in [5.74, 6) is -1.75. The van der Waals surface area contributed by atoms with Crippen LogP contribution in [0, 0.1) is 5.82 Å². The van der Waals surface area contributed by atoms with Gasteiger partial charge in [0.25, 0.3) is 5.91 Å². The first-order valence-electron chi connectivity index (χ1n) is 7.67. The predicted molar refractivity (Wildman–Crippen MR) is 92.7 cm³/mol. The number of esters is 1. The van der Waals surface area contributed by atoms with E-state index in [0.717, 1.165) is 10.2 Å². The molecular weight excluding hydrogens is 343 g/mol. The van der Waals surface area contributed by atoms with Crippen molar-refractivity contribution in [1.82, 2.24) is 4.57 Å². The van der Waals surface area contributed by atoms with Gasteiger partial charge >= 0.3 is 5.97 Å². The number of hydrogen-bond donors (Lipinski definition) is 0. The van der Waals surface area contributed by atoms with Gasteiger partial charge in [0.2, 0.25) is 0 Å². The third kappa shape index (κ3) is 3.66. The number of rotatable bonds is 4. The van der Waals surface area contributed by atoms with Crippen molar-refractivity contribution in [3.05, 3.63) is 64.7 Å². The highest BCUT2D eigenvalue weighted by Crippen LogP contribution is 2.17. The monoisotopic (exact) mass is 358 g/mol. The van der Waals surface area contributed by atoms with Crippen molar-refractivity contribution in [2.75, 3.05) is 6.61 Å². The number of nitrogens with zero attached hydrogens (tertiary/aromatic N) is 2. The van der Waals surface area contributed by atoms with Crippen molar-refractivity contribution in [2.45, 2.75) is 13.5 Å². The molecule has 0 fully saturated rings. The second-order valence-electron chi connectivity index (χ2n) is 5.14. The lowest BCUT2D eigenvalue weighted by atomic mass is 10.2. The van der Waals surface area contributed by atoms with E-state index >= 15 is 0 Å². The summed E-state index contributed by atoms with van der Waals surface area (Å²) in [4.78, 5) is 28.6. The molecule has 0 bridgehead atoms. The van der Waals surface area contributed by atoms with Crippen LogP contribution < -0.4 is 4.80 Å². The van der Waals surface area contributed by atoms with Crippen LogP contribution in [0.1, 0.15) is 17.3 Å². The fourth-order valence-corrected chi connectivity index (χ4v) is 3.40. The smallest absolute Gasteiger partial charge is 0.326 e. The third-order valence-electron chi connectivity index (χ3n) is 3.48. The van der Waals surface area contributed by atoms with Crippen LogP contribution in [0.3, 0.4) is 0 Å². The Kier molecular flexibility index (Phi) is 5.04. The SMILES string of the molecule is CCOC(=O)Cn1c(=NC(=O)c2ccccc2F)sc2ccccc21. The molecule has 1 amide bonds. The zero-order valence-electron chi connectivity index (χ0n) is 13.4. The van der Waals surface area contributed by atoms with Crippen molar-refractivity contribution in [3.63, 3.8) is 0 Å². The summed E-state index contributed by atoms with van der Waals surface area (Å²) >= 11 is 1.26. The number of thiazole rings is 1. The highest BCUT2D eigenvalue weighted by molar-refractivity contribution is 7.16. The van der Waals surface area contributed by atoms with Crippen LogP contribution in [0.4, 0.5) is 4.39 Å². The van der Waals surface area contributed by atoms with Gasteiger partial charge in [-0.05, 0) is 31.2 Å². The lowest BCUT2D eigenvalue weighted by Gasteiger charge is -2.05. The van der Waals surface area contributed by atoms with Gasteiger partial charge in [-0.1, -0.05) is 35.6 Å². The predicted octanol–water partition coefficient (Wildman–Crippen LogP) is 3.15. The van der Waals surface area contributed by atoms with Gasteiger partial charge in [0.15, 0.2) is 4.80 Å². The first kappa shape index (κ1) is 17.0. The summed E-state index contributed by atoms with van der Waals surface area (Å²) in [6, 6.07) is 13.1. The Morgan fingerprint density at radius 3 is 2.64 bits per heavy atom. The van der Waals surface area contributed by atoms with Gasteiger partial charge in [-0.3, -0.25) is 9.59 Å². The van der Waals surface area contributed by atoms with Crippen LogP contribution in [0.2, 0.25) is 0 Å². The molecule has 5 nitrogen and oxygen atoms in total. The number of aromatic nitrogens is 1. The number of carbonyl (C=O) groups excluding carboxylic acids is 2. The molecule has 3 rings (SSSR count). The van der Waals surface area contributed by atoms with Gasteiger partial charge in [-0.2, -0.15) is 4.99 Å². The molecule has 1 aromatic heterocycles. The topological polar surface area (TPSA) is 60.7 Å². The fraction of sp³-hybridized carbons (Fsp3) is 0.167. The van der Waals surface area contributed by atoms with E-state index in [1.54, 1.807) is 17.6 Å². The van der Waals surface area contributed by atoms with Gasteiger partial charge in [-0.25, -0.2) is 4.39 Å². The molecule has 0 aliphatic rings. The number of fused-ring (bicyclic) bond motifs is 1. The second-order valence-corrected chi connectivity index (χ2v) is 6.15. The van der Waals surface area contributed by atoms with E-state index in [1.165, 1.54) is 29.5 Å². The molecule has 0 spiro atoms. The summed E-state index contributed by atoms with van der Waals surface area (Å²) in [6.07, 6.45) is 0. The van der Waals surface area contributed by atoms with Crippen molar-refractivity contribution >= 4 is 33.4 Å². The number of benzene rings is 2. The van der Waals surface area contributed by atoms with E-state index in [9.17, 15) is 14.0 Å². The summed E-state index contributed by atoms with van der Waals surface area (Å²) < 4.78 is 21.3. The Morgan fingerprint density at radius 1 is 1.16 bits per heavy atom. The van der Waals surface area contributed by atoms with Gasteiger partial charge in [0, 0.05) is 0 Å². The van der Waals surface area contributed by atoms with E-state index in [4.69, 9.17) is 4.74 Å². The third-order valence-corrected chi connectivity index (χ3v) is 4.54. The molecule has 3 aromatic rings. The van der Waals surface area contributed by atoms with Crippen LogP contribution >= 0.6 is 11.3 Å². The Hall–Kier alpha value is -2.80. The van der Waals surface area contributed by atoms with E-state index < -0.39 is 17.7 Å². The number of carbonyl (C=O) groups is 2. The lowest BCUT2D eigenvalue weighted by Crippen LogP contribution is -2.23. The second kappa shape index (κ2) is 7.40. The van der Waals surface area contributed by atoms with Crippen LogP contribution in [0.25, 0.3) is 10.2 Å². The average Bonchev–Trinajstić information content (AvgIpc) is 2.93. The summed E-state index contributed by atoms with van der Waals surface area (Å²) in [7, 11) is 0. The van der Waals surface area contributed by atoms with Crippen molar-refractivity contribution in [2.24, 2.45) is 4.99 Å². The molecular formula is C18H15FN2O3S. The lowest BCUT2D eigenvalue weighted by molar-refractivity contribution is -0.143. The van der Waals surface area contributed by atoms with Crippen LogP contribution in [0.15, 0.2) is 53.5 Å². The Morgan fingerprint density at radius 2 is 1.88 bits per heavy atom. The minimum atomic E-state index is -0.692. The summed E-state index contributed by atoms with van der Waals surface area (Å²) in [5, 5.41) is 0. The van der Waals surface area contributed by atoms with E-state index in [2.05, 4.69) is 4.99 Å². The molecule has 0 radical (unpaired) electrons. The standard InChI is InChI=1S/C18H15FN2O3S/c1-2-24-16(22)11-21-14-9-5-6-10-15(14)25-18(21)20-17(23)12-7-3-4-8-13(12)19/h3-10H,2,11H2,1H3. The largest absolute Gasteiger partial charge is 0.465 e. The number of amides is 1. The average molecular weight is 358 g/mol. The minimum Gasteiger partial charge on any atom is -0.465 e. The molecule has 25 heavy (non-hydrogen) atoms. The number of halogens is 1. The number of ether oxygens (including phenoxy) is 1.